The average molecular weight is 398 g/mol. The molecule has 1 rings (SSSR count). The molecule has 148 valence electrons. The Morgan fingerprint density at radius 3 is 2.46 bits per heavy atom. The molecule has 2 N–H and O–H groups in total. The highest BCUT2D eigenvalue weighted by atomic mass is 32.1. The lowest BCUT2D eigenvalue weighted by atomic mass is 10.0. The maximum Gasteiger partial charge on any atom is 0.192 e. The molecule has 0 fully saturated rings. The van der Waals surface area contributed by atoms with E-state index < -0.39 is 8.32 Å². The third-order valence-corrected chi connectivity index (χ3v) is 10.3. The Hall–Kier alpha value is -0.793. The number of hydrogen-bond donors (Lipinski definition) is 2. The van der Waals surface area contributed by atoms with Crippen molar-refractivity contribution in [1.29, 1.82) is 0 Å². The summed E-state index contributed by atoms with van der Waals surface area (Å²) in [7, 11) is -1.94. The van der Waals surface area contributed by atoms with Gasteiger partial charge in [0, 0.05) is 12.0 Å². The minimum absolute atomic E-state index is 0.0264. The summed E-state index contributed by atoms with van der Waals surface area (Å²) in [6, 6.07) is 0. The zero-order valence-corrected chi connectivity index (χ0v) is 19.1. The predicted octanol–water partition coefficient (Wildman–Crippen LogP) is 4.94. The number of aliphatic hydroxyl groups is 2. The Morgan fingerprint density at radius 2 is 2.00 bits per heavy atom. The zero-order valence-electron chi connectivity index (χ0n) is 17.3. The minimum Gasteiger partial charge on any atom is -0.410 e. The highest BCUT2D eigenvalue weighted by molar-refractivity contribution is 7.09. The van der Waals surface area contributed by atoms with Gasteiger partial charge in [0.2, 0.25) is 0 Å². The van der Waals surface area contributed by atoms with Crippen molar-refractivity contribution in [2.75, 3.05) is 13.2 Å². The number of aromatic nitrogens is 1. The number of aliphatic hydroxyl groups excluding tert-OH is 2. The van der Waals surface area contributed by atoms with Gasteiger partial charge in [-0.05, 0) is 62.0 Å². The fourth-order valence-corrected chi connectivity index (χ4v) is 4.21. The number of thiazole rings is 1. The topological polar surface area (TPSA) is 62.6 Å². The minimum atomic E-state index is -1.94. The summed E-state index contributed by atoms with van der Waals surface area (Å²) in [6.07, 6.45) is 5.24. The van der Waals surface area contributed by atoms with Gasteiger partial charge in [-0.25, -0.2) is 4.98 Å². The van der Waals surface area contributed by atoms with Gasteiger partial charge in [0.15, 0.2) is 8.32 Å². The van der Waals surface area contributed by atoms with E-state index in [4.69, 9.17) is 9.53 Å². The van der Waals surface area contributed by atoms with E-state index in [1.54, 1.807) is 11.3 Å². The van der Waals surface area contributed by atoms with Crippen molar-refractivity contribution in [2.45, 2.75) is 71.7 Å². The second-order valence-electron chi connectivity index (χ2n) is 8.28. The Bertz CT molecular complexity index is 629. The van der Waals surface area contributed by atoms with Crippen LogP contribution >= 0.6 is 11.3 Å². The lowest BCUT2D eigenvalue weighted by molar-refractivity contribution is 0.216. The second kappa shape index (κ2) is 9.94. The number of aryl methyl sites for hydroxylation is 1. The lowest BCUT2D eigenvalue weighted by Gasteiger charge is -2.39. The summed E-state index contributed by atoms with van der Waals surface area (Å²) in [5, 5.41) is 21.8. The third-order valence-electron chi connectivity index (χ3n) is 5.02. The van der Waals surface area contributed by atoms with Crippen LogP contribution in [0.5, 0.6) is 0 Å². The molecular formula is C20H35NO3SSi. The Morgan fingerprint density at radius 1 is 1.35 bits per heavy atom. The van der Waals surface area contributed by atoms with Crippen LogP contribution in [0.15, 0.2) is 22.6 Å². The van der Waals surface area contributed by atoms with Gasteiger partial charge in [-0.1, -0.05) is 26.8 Å². The Balaban J connectivity index is 3.09. The molecule has 0 saturated carbocycles. The van der Waals surface area contributed by atoms with Crippen molar-refractivity contribution in [3.63, 3.8) is 0 Å². The molecule has 6 heteroatoms. The second-order valence-corrected chi connectivity index (χ2v) is 14.1. The van der Waals surface area contributed by atoms with Gasteiger partial charge in [-0.2, -0.15) is 0 Å². The van der Waals surface area contributed by atoms with Gasteiger partial charge in [0.1, 0.15) is 0 Å². The van der Waals surface area contributed by atoms with Crippen molar-refractivity contribution >= 4 is 25.7 Å². The standard InChI is InChI=1S/C20H35NO3SSi/c1-15(12-18-14-25-16(2)21-18)19(9-8-17(13-23)10-11-22)24-26(6,7)20(3,4)5/h8,12,14,19,22-23H,9-11,13H2,1-7H3/b15-12+,17-8+/t19-/m0/s1. The van der Waals surface area contributed by atoms with Crippen molar-refractivity contribution in [1.82, 2.24) is 4.98 Å². The molecule has 0 bridgehead atoms. The first-order chi connectivity index (χ1) is 12.0. The van der Waals surface area contributed by atoms with Gasteiger partial charge in [-0.3, -0.25) is 0 Å². The van der Waals surface area contributed by atoms with E-state index in [-0.39, 0.29) is 24.4 Å². The van der Waals surface area contributed by atoms with Crippen LogP contribution in [0, 0.1) is 6.92 Å². The first-order valence-electron chi connectivity index (χ1n) is 9.18. The molecule has 4 nitrogen and oxygen atoms in total. The van der Waals surface area contributed by atoms with Gasteiger partial charge in [0.25, 0.3) is 0 Å². The monoisotopic (exact) mass is 397 g/mol. The molecule has 0 aliphatic rings. The van der Waals surface area contributed by atoms with Crippen LogP contribution in [0.3, 0.4) is 0 Å². The summed E-state index contributed by atoms with van der Waals surface area (Å²) >= 11 is 1.64. The first kappa shape index (κ1) is 23.2. The highest BCUT2D eigenvalue weighted by Crippen LogP contribution is 2.38. The molecule has 26 heavy (non-hydrogen) atoms. The Labute approximate surface area is 163 Å². The summed E-state index contributed by atoms with van der Waals surface area (Å²) in [4.78, 5) is 4.53. The molecule has 0 aromatic carbocycles. The van der Waals surface area contributed by atoms with E-state index in [2.05, 4.69) is 57.2 Å². The van der Waals surface area contributed by atoms with Gasteiger partial charge >= 0.3 is 0 Å². The normalized spacial score (nSPS) is 15.4. The van der Waals surface area contributed by atoms with Crippen molar-refractivity contribution < 1.29 is 14.6 Å². The van der Waals surface area contributed by atoms with Crippen LogP contribution in [0.4, 0.5) is 0 Å². The molecule has 0 amide bonds. The van der Waals surface area contributed by atoms with Crippen LogP contribution in [-0.2, 0) is 4.43 Å². The summed E-state index contributed by atoms with van der Waals surface area (Å²) in [5.41, 5.74) is 2.96. The molecular weight excluding hydrogens is 362 g/mol. The van der Waals surface area contributed by atoms with Crippen LogP contribution in [0.1, 0.15) is 51.2 Å². The number of hydrogen-bond acceptors (Lipinski definition) is 5. The van der Waals surface area contributed by atoms with Gasteiger partial charge in [-0.15, -0.1) is 11.3 Å². The Kier molecular flexibility index (Phi) is 8.89. The molecule has 1 heterocycles. The number of rotatable bonds is 9. The first-order valence-corrected chi connectivity index (χ1v) is 13.0. The smallest absolute Gasteiger partial charge is 0.192 e. The molecule has 0 aliphatic carbocycles. The molecule has 0 radical (unpaired) electrons. The molecule has 1 aromatic heterocycles. The van der Waals surface area contributed by atoms with E-state index in [1.807, 2.05) is 13.0 Å². The molecule has 0 spiro atoms. The van der Waals surface area contributed by atoms with Crippen LogP contribution in [0.25, 0.3) is 6.08 Å². The predicted molar refractivity (Wildman–Crippen MR) is 114 cm³/mol. The maximum atomic E-state index is 9.47. The maximum absolute atomic E-state index is 9.47. The highest BCUT2D eigenvalue weighted by Gasteiger charge is 2.39. The fraction of sp³-hybridized carbons (Fsp3) is 0.650. The van der Waals surface area contributed by atoms with E-state index in [9.17, 15) is 5.11 Å². The van der Waals surface area contributed by atoms with E-state index in [1.165, 1.54) is 0 Å². The SMILES string of the molecule is C/C(=C\c1csc(C)n1)[C@H](C/C=C(/CO)CCO)O[Si](C)(C)C(C)(C)C. The number of nitrogens with zero attached hydrogens (tertiary/aromatic N) is 1. The quantitative estimate of drug-likeness (QED) is 0.458. The molecule has 0 saturated heterocycles. The van der Waals surface area contributed by atoms with E-state index in [0.29, 0.717) is 12.8 Å². The summed E-state index contributed by atoms with van der Waals surface area (Å²) in [6.45, 7) is 15.3. The van der Waals surface area contributed by atoms with Crippen molar-refractivity contribution in [3.05, 3.63) is 33.3 Å². The van der Waals surface area contributed by atoms with Crippen molar-refractivity contribution in [3.8, 4) is 0 Å². The third kappa shape index (κ3) is 7.08. The van der Waals surface area contributed by atoms with Gasteiger partial charge < -0.3 is 14.6 Å². The van der Waals surface area contributed by atoms with Crippen molar-refractivity contribution in [2.24, 2.45) is 0 Å². The zero-order chi connectivity index (χ0) is 20.0. The van der Waals surface area contributed by atoms with Crippen LogP contribution in [-0.4, -0.2) is 42.8 Å². The lowest BCUT2D eigenvalue weighted by Crippen LogP contribution is -2.44. The van der Waals surface area contributed by atoms with Crippen LogP contribution < -0.4 is 0 Å². The molecule has 1 aromatic rings. The summed E-state index contributed by atoms with van der Waals surface area (Å²) in [5.74, 6) is 0. The average Bonchev–Trinajstić information content (AvgIpc) is 2.93. The molecule has 1 atom stereocenters. The van der Waals surface area contributed by atoms with E-state index in [0.717, 1.165) is 21.8 Å². The largest absolute Gasteiger partial charge is 0.410 e. The van der Waals surface area contributed by atoms with Gasteiger partial charge in [0.05, 0.1) is 23.4 Å². The van der Waals surface area contributed by atoms with E-state index >= 15 is 0 Å². The fourth-order valence-electron chi connectivity index (χ4n) is 2.30. The molecule has 0 unspecified atom stereocenters. The molecule has 0 aliphatic heterocycles. The van der Waals surface area contributed by atoms with Crippen LogP contribution in [0.2, 0.25) is 18.1 Å². The summed E-state index contributed by atoms with van der Waals surface area (Å²) < 4.78 is 6.67.